The molecule has 118 valence electrons. The molecule has 0 fully saturated rings. The third-order valence-corrected chi connectivity index (χ3v) is 4.40. The summed E-state index contributed by atoms with van der Waals surface area (Å²) >= 11 is 0. The zero-order valence-corrected chi connectivity index (χ0v) is 13.7. The number of methoxy groups -OCH3 is 1. The van der Waals surface area contributed by atoms with Crippen molar-refractivity contribution in [3.05, 3.63) is 29.3 Å². The van der Waals surface area contributed by atoms with Crippen molar-refractivity contribution < 1.29 is 9.47 Å². The number of nitrogens with one attached hydrogen (secondary N) is 1. The van der Waals surface area contributed by atoms with Gasteiger partial charge in [0.25, 0.3) is 0 Å². The van der Waals surface area contributed by atoms with Crippen LogP contribution in [0.5, 0.6) is 5.75 Å². The van der Waals surface area contributed by atoms with Crippen molar-refractivity contribution in [3.8, 4) is 5.75 Å². The lowest BCUT2D eigenvalue weighted by Gasteiger charge is -2.33. The van der Waals surface area contributed by atoms with Crippen LogP contribution in [0.4, 0.5) is 0 Å². The first-order valence-electron chi connectivity index (χ1n) is 8.25. The van der Waals surface area contributed by atoms with E-state index >= 15 is 0 Å². The maximum absolute atomic E-state index is 6.16. The molecule has 0 aliphatic heterocycles. The Labute approximate surface area is 129 Å². The predicted molar refractivity (Wildman–Crippen MR) is 87.0 cm³/mol. The first-order chi connectivity index (χ1) is 10.3. The van der Waals surface area contributed by atoms with Gasteiger partial charge in [0.1, 0.15) is 5.75 Å². The number of fused-ring (bicyclic) bond motifs is 1. The zero-order valence-electron chi connectivity index (χ0n) is 13.7. The van der Waals surface area contributed by atoms with Crippen LogP contribution >= 0.6 is 0 Å². The maximum atomic E-state index is 6.16. The van der Waals surface area contributed by atoms with E-state index in [4.69, 9.17) is 9.47 Å². The summed E-state index contributed by atoms with van der Waals surface area (Å²) in [6.45, 7) is 3.12. The van der Waals surface area contributed by atoms with Crippen molar-refractivity contribution in [1.82, 2.24) is 5.32 Å². The summed E-state index contributed by atoms with van der Waals surface area (Å²) in [5.74, 6) is 0.928. The number of hydrogen-bond donors (Lipinski definition) is 1. The SMILES string of the molecule is CCCCCCOC1CCc2ccc(OC)cc2C1NC. The van der Waals surface area contributed by atoms with E-state index in [2.05, 4.69) is 30.4 Å². The monoisotopic (exact) mass is 291 g/mol. The Morgan fingerprint density at radius 2 is 2.10 bits per heavy atom. The van der Waals surface area contributed by atoms with Gasteiger partial charge < -0.3 is 14.8 Å². The van der Waals surface area contributed by atoms with Crippen molar-refractivity contribution in [2.24, 2.45) is 0 Å². The van der Waals surface area contributed by atoms with Gasteiger partial charge in [-0.3, -0.25) is 0 Å². The molecule has 0 aromatic heterocycles. The lowest BCUT2D eigenvalue weighted by atomic mass is 9.85. The number of ether oxygens (including phenoxy) is 2. The van der Waals surface area contributed by atoms with Crippen molar-refractivity contribution in [2.75, 3.05) is 20.8 Å². The van der Waals surface area contributed by atoms with Gasteiger partial charge in [-0.1, -0.05) is 32.3 Å². The van der Waals surface area contributed by atoms with Gasteiger partial charge in [0.15, 0.2) is 0 Å². The van der Waals surface area contributed by atoms with Crippen molar-refractivity contribution in [3.63, 3.8) is 0 Å². The van der Waals surface area contributed by atoms with Gasteiger partial charge in [-0.25, -0.2) is 0 Å². The van der Waals surface area contributed by atoms with Gasteiger partial charge in [-0.15, -0.1) is 0 Å². The van der Waals surface area contributed by atoms with Gasteiger partial charge in [-0.2, -0.15) is 0 Å². The summed E-state index contributed by atoms with van der Waals surface area (Å²) in [5.41, 5.74) is 2.75. The minimum Gasteiger partial charge on any atom is -0.497 e. The molecular formula is C18H29NO2. The molecule has 1 aliphatic rings. The van der Waals surface area contributed by atoms with E-state index in [1.807, 2.05) is 7.05 Å². The second-order valence-corrected chi connectivity index (χ2v) is 5.84. The molecule has 2 rings (SSSR count). The summed E-state index contributed by atoms with van der Waals surface area (Å²) < 4.78 is 11.5. The van der Waals surface area contributed by atoms with Crippen molar-refractivity contribution >= 4 is 0 Å². The molecule has 2 unspecified atom stereocenters. The third-order valence-electron chi connectivity index (χ3n) is 4.40. The summed E-state index contributed by atoms with van der Waals surface area (Å²) in [5, 5.41) is 3.43. The fourth-order valence-corrected chi connectivity index (χ4v) is 3.17. The molecule has 3 heteroatoms. The van der Waals surface area contributed by atoms with E-state index < -0.39 is 0 Å². The Bertz CT molecular complexity index is 433. The molecule has 1 aliphatic carbocycles. The minimum atomic E-state index is 0.273. The van der Waals surface area contributed by atoms with Crippen LogP contribution in [0.1, 0.15) is 56.2 Å². The highest BCUT2D eigenvalue weighted by Gasteiger charge is 2.29. The molecule has 1 N–H and O–H groups in total. The van der Waals surface area contributed by atoms with Gasteiger partial charge in [0.2, 0.25) is 0 Å². The molecule has 0 amide bonds. The van der Waals surface area contributed by atoms with E-state index in [-0.39, 0.29) is 12.1 Å². The van der Waals surface area contributed by atoms with E-state index in [1.165, 1.54) is 36.8 Å². The second-order valence-electron chi connectivity index (χ2n) is 5.84. The lowest BCUT2D eigenvalue weighted by Crippen LogP contribution is -2.36. The molecular weight excluding hydrogens is 262 g/mol. The minimum absolute atomic E-state index is 0.273. The van der Waals surface area contributed by atoms with Crippen LogP contribution in [0, 0.1) is 0 Å². The molecule has 0 saturated heterocycles. The molecule has 3 nitrogen and oxygen atoms in total. The lowest BCUT2D eigenvalue weighted by molar-refractivity contribution is 0.0154. The Morgan fingerprint density at radius 3 is 2.81 bits per heavy atom. The highest BCUT2D eigenvalue weighted by atomic mass is 16.5. The molecule has 21 heavy (non-hydrogen) atoms. The number of rotatable bonds is 8. The maximum Gasteiger partial charge on any atom is 0.119 e. The van der Waals surface area contributed by atoms with Crippen molar-refractivity contribution in [2.45, 2.75) is 57.6 Å². The number of likely N-dealkylation sites (N-methyl/N-ethyl adjacent to an activating group) is 1. The molecule has 0 radical (unpaired) electrons. The fraction of sp³-hybridized carbons (Fsp3) is 0.667. The average molecular weight is 291 g/mol. The normalized spacial score (nSPS) is 21.1. The number of unbranched alkanes of at least 4 members (excludes halogenated alkanes) is 3. The largest absolute Gasteiger partial charge is 0.497 e. The Balaban J connectivity index is 1.98. The quantitative estimate of drug-likeness (QED) is 0.738. The van der Waals surface area contributed by atoms with Gasteiger partial charge in [0, 0.05) is 6.61 Å². The summed E-state index contributed by atoms with van der Waals surface area (Å²) in [7, 11) is 3.74. The highest BCUT2D eigenvalue weighted by Crippen LogP contribution is 2.34. The van der Waals surface area contributed by atoms with E-state index in [0.29, 0.717) is 0 Å². The first-order valence-corrected chi connectivity index (χ1v) is 8.25. The zero-order chi connectivity index (χ0) is 15.1. The van der Waals surface area contributed by atoms with Crippen LogP contribution < -0.4 is 10.1 Å². The Hall–Kier alpha value is -1.06. The third kappa shape index (κ3) is 4.21. The average Bonchev–Trinajstić information content (AvgIpc) is 2.53. The van der Waals surface area contributed by atoms with Crippen LogP contribution in [-0.2, 0) is 11.2 Å². The smallest absolute Gasteiger partial charge is 0.119 e. The predicted octanol–water partition coefficient (Wildman–Crippen LogP) is 3.87. The van der Waals surface area contributed by atoms with E-state index in [1.54, 1.807) is 7.11 Å². The molecule has 0 saturated carbocycles. The topological polar surface area (TPSA) is 30.5 Å². The Morgan fingerprint density at radius 1 is 1.24 bits per heavy atom. The van der Waals surface area contributed by atoms with Gasteiger partial charge in [-0.05, 0) is 49.6 Å². The first kappa shape index (κ1) is 16.3. The molecule has 1 aromatic rings. The Kier molecular flexibility index (Phi) is 6.52. The number of hydrogen-bond acceptors (Lipinski definition) is 3. The van der Waals surface area contributed by atoms with Crippen LogP contribution in [0.2, 0.25) is 0 Å². The van der Waals surface area contributed by atoms with Crippen LogP contribution in [-0.4, -0.2) is 26.9 Å². The van der Waals surface area contributed by atoms with Gasteiger partial charge >= 0.3 is 0 Å². The molecule has 1 aromatic carbocycles. The molecule has 0 bridgehead atoms. The van der Waals surface area contributed by atoms with E-state index in [0.717, 1.165) is 25.2 Å². The highest BCUT2D eigenvalue weighted by molar-refractivity contribution is 5.40. The van der Waals surface area contributed by atoms with Gasteiger partial charge in [0.05, 0.1) is 19.3 Å². The summed E-state index contributed by atoms with van der Waals surface area (Å²) in [6, 6.07) is 6.67. The molecule has 0 heterocycles. The number of aryl methyl sites for hydroxylation is 1. The number of benzene rings is 1. The standard InChI is InChI=1S/C18H29NO2/c1-4-5-6-7-12-21-17-11-9-14-8-10-15(20-3)13-16(14)18(17)19-2/h8,10,13,17-19H,4-7,9,11-12H2,1-3H3. The van der Waals surface area contributed by atoms with Crippen LogP contribution in [0.25, 0.3) is 0 Å². The molecule has 0 spiro atoms. The molecule has 2 atom stereocenters. The van der Waals surface area contributed by atoms with Crippen LogP contribution in [0.3, 0.4) is 0 Å². The van der Waals surface area contributed by atoms with Crippen LogP contribution in [0.15, 0.2) is 18.2 Å². The van der Waals surface area contributed by atoms with Crippen molar-refractivity contribution in [1.29, 1.82) is 0 Å². The van der Waals surface area contributed by atoms with E-state index in [9.17, 15) is 0 Å². The fourth-order valence-electron chi connectivity index (χ4n) is 3.17. The second kappa shape index (κ2) is 8.40. The summed E-state index contributed by atoms with van der Waals surface area (Å²) in [6.07, 6.45) is 7.50. The summed E-state index contributed by atoms with van der Waals surface area (Å²) in [4.78, 5) is 0.